The first-order valence-electron chi connectivity index (χ1n) is 6.21. The first-order valence-corrected chi connectivity index (χ1v) is 6.62. The van der Waals surface area contributed by atoms with Crippen molar-refractivity contribution >= 4 is 29.2 Å². The van der Waals surface area contributed by atoms with E-state index >= 15 is 0 Å². The molecule has 0 aromatic heterocycles. The average molecular weight is 280 g/mol. The molecule has 19 heavy (non-hydrogen) atoms. The molecule has 1 aliphatic heterocycles. The summed E-state index contributed by atoms with van der Waals surface area (Å²) in [6, 6.07) is 3.36. The van der Waals surface area contributed by atoms with Gasteiger partial charge in [0.05, 0.1) is 11.9 Å². The van der Waals surface area contributed by atoms with E-state index in [1.807, 2.05) is 13.0 Å². The van der Waals surface area contributed by atoms with Crippen LogP contribution in [0.25, 0.3) is 0 Å². The Balaban J connectivity index is 2.21. The maximum atomic E-state index is 14.1. The van der Waals surface area contributed by atoms with Crippen LogP contribution >= 0.6 is 12.2 Å². The van der Waals surface area contributed by atoms with E-state index in [1.54, 1.807) is 0 Å². The predicted octanol–water partition coefficient (Wildman–Crippen LogP) is 1.90. The van der Waals surface area contributed by atoms with Crippen molar-refractivity contribution in [1.82, 2.24) is 5.43 Å². The van der Waals surface area contributed by atoms with Gasteiger partial charge < -0.3 is 10.6 Å². The van der Waals surface area contributed by atoms with Gasteiger partial charge in [0.2, 0.25) is 0 Å². The minimum atomic E-state index is -0.218. The zero-order valence-electron chi connectivity index (χ0n) is 10.8. The van der Waals surface area contributed by atoms with Crippen molar-refractivity contribution in [2.75, 3.05) is 18.0 Å². The Morgan fingerprint density at radius 3 is 2.79 bits per heavy atom. The molecule has 102 valence electrons. The van der Waals surface area contributed by atoms with Crippen LogP contribution in [-0.2, 0) is 0 Å². The summed E-state index contributed by atoms with van der Waals surface area (Å²) >= 11 is 4.64. The fraction of sp³-hybridized carbons (Fsp3) is 0.385. The maximum Gasteiger partial charge on any atom is 0.184 e. The molecule has 0 unspecified atom stereocenters. The van der Waals surface area contributed by atoms with E-state index in [2.05, 4.69) is 27.6 Å². The quantitative estimate of drug-likeness (QED) is 0.504. The third-order valence-electron chi connectivity index (χ3n) is 3.16. The molecular formula is C13H17FN4S. The molecule has 0 spiro atoms. The number of anilines is 1. The van der Waals surface area contributed by atoms with Crippen LogP contribution in [0.1, 0.15) is 24.0 Å². The second-order valence-electron chi connectivity index (χ2n) is 4.59. The molecule has 4 nitrogen and oxygen atoms in total. The van der Waals surface area contributed by atoms with E-state index < -0.39 is 0 Å². The molecule has 2 rings (SSSR count). The Kier molecular flexibility index (Phi) is 4.31. The van der Waals surface area contributed by atoms with Gasteiger partial charge in [0.15, 0.2) is 5.11 Å². The molecule has 0 bridgehead atoms. The summed E-state index contributed by atoms with van der Waals surface area (Å²) in [5.41, 5.74) is 10.1. The number of nitrogens with two attached hydrogens (primary N) is 1. The van der Waals surface area contributed by atoms with Gasteiger partial charge in [-0.1, -0.05) is 0 Å². The van der Waals surface area contributed by atoms with Crippen molar-refractivity contribution in [1.29, 1.82) is 0 Å². The van der Waals surface area contributed by atoms with Crippen LogP contribution in [0.15, 0.2) is 17.2 Å². The summed E-state index contributed by atoms with van der Waals surface area (Å²) in [6.07, 6.45) is 3.77. The van der Waals surface area contributed by atoms with Gasteiger partial charge in [-0.15, -0.1) is 0 Å². The molecule has 6 heteroatoms. The Morgan fingerprint density at radius 1 is 1.47 bits per heavy atom. The zero-order chi connectivity index (χ0) is 13.8. The molecule has 1 saturated heterocycles. The van der Waals surface area contributed by atoms with Crippen LogP contribution in [-0.4, -0.2) is 24.4 Å². The Labute approximate surface area is 117 Å². The standard InChI is InChI=1S/C13H17FN4S/c1-9-6-12(18-4-2-3-5-18)11(14)7-10(9)8-16-17-13(15)19/h6-8H,2-5H2,1H3,(H3,15,17,19)/b16-8-. The van der Waals surface area contributed by atoms with Crippen LogP contribution in [0.2, 0.25) is 0 Å². The minimum absolute atomic E-state index is 0.0862. The zero-order valence-corrected chi connectivity index (χ0v) is 11.6. The number of nitrogens with zero attached hydrogens (tertiary/aromatic N) is 2. The van der Waals surface area contributed by atoms with Gasteiger partial charge in [-0.2, -0.15) is 5.10 Å². The lowest BCUT2D eigenvalue weighted by Crippen LogP contribution is -2.24. The van der Waals surface area contributed by atoms with E-state index in [-0.39, 0.29) is 10.9 Å². The fourth-order valence-electron chi connectivity index (χ4n) is 2.19. The topological polar surface area (TPSA) is 53.6 Å². The van der Waals surface area contributed by atoms with Crippen LogP contribution < -0.4 is 16.1 Å². The highest BCUT2D eigenvalue weighted by molar-refractivity contribution is 7.80. The number of hydrogen-bond acceptors (Lipinski definition) is 3. The molecule has 1 aromatic carbocycles. The number of rotatable bonds is 3. The number of hydrazone groups is 1. The summed E-state index contributed by atoms with van der Waals surface area (Å²) < 4.78 is 14.1. The minimum Gasteiger partial charge on any atom is -0.375 e. The molecule has 1 heterocycles. The fourth-order valence-corrected chi connectivity index (χ4v) is 2.24. The van der Waals surface area contributed by atoms with Gasteiger partial charge in [-0.05, 0) is 49.7 Å². The first kappa shape index (κ1) is 13.7. The lowest BCUT2D eigenvalue weighted by atomic mass is 10.1. The van der Waals surface area contributed by atoms with E-state index in [9.17, 15) is 4.39 Å². The molecular weight excluding hydrogens is 263 g/mol. The predicted molar refractivity (Wildman–Crippen MR) is 80.1 cm³/mol. The number of halogens is 1. The largest absolute Gasteiger partial charge is 0.375 e. The maximum absolute atomic E-state index is 14.1. The van der Waals surface area contributed by atoms with Gasteiger partial charge in [-0.25, -0.2) is 4.39 Å². The summed E-state index contributed by atoms with van der Waals surface area (Å²) in [4.78, 5) is 2.08. The summed E-state index contributed by atoms with van der Waals surface area (Å²) in [5, 5.41) is 3.93. The van der Waals surface area contributed by atoms with Crippen molar-refractivity contribution < 1.29 is 4.39 Å². The molecule has 0 amide bonds. The second-order valence-corrected chi connectivity index (χ2v) is 5.03. The molecule has 0 saturated carbocycles. The van der Waals surface area contributed by atoms with Crippen molar-refractivity contribution in [3.05, 3.63) is 29.1 Å². The molecule has 0 atom stereocenters. The van der Waals surface area contributed by atoms with Crippen LogP contribution in [0.4, 0.5) is 10.1 Å². The molecule has 3 N–H and O–H groups in total. The van der Waals surface area contributed by atoms with Crippen molar-refractivity contribution in [2.45, 2.75) is 19.8 Å². The highest BCUT2D eigenvalue weighted by Gasteiger charge is 2.17. The van der Waals surface area contributed by atoms with Crippen molar-refractivity contribution in [2.24, 2.45) is 10.8 Å². The summed E-state index contributed by atoms with van der Waals surface area (Å²) in [6.45, 7) is 3.78. The van der Waals surface area contributed by atoms with Gasteiger partial charge in [0.25, 0.3) is 0 Å². The number of hydrogen-bond donors (Lipinski definition) is 2. The van der Waals surface area contributed by atoms with Crippen molar-refractivity contribution in [3.63, 3.8) is 0 Å². The Hall–Kier alpha value is -1.69. The van der Waals surface area contributed by atoms with E-state index in [4.69, 9.17) is 5.73 Å². The molecule has 1 fully saturated rings. The normalized spacial score (nSPS) is 15.2. The van der Waals surface area contributed by atoms with Crippen LogP contribution in [0.5, 0.6) is 0 Å². The van der Waals surface area contributed by atoms with Crippen LogP contribution in [0, 0.1) is 12.7 Å². The number of thiocarbonyl (C=S) groups is 1. The van der Waals surface area contributed by atoms with E-state index in [0.717, 1.165) is 31.5 Å². The monoisotopic (exact) mass is 280 g/mol. The average Bonchev–Trinajstić information content (AvgIpc) is 2.86. The Morgan fingerprint density at radius 2 is 2.16 bits per heavy atom. The van der Waals surface area contributed by atoms with Crippen molar-refractivity contribution in [3.8, 4) is 0 Å². The summed E-state index contributed by atoms with van der Waals surface area (Å²) in [7, 11) is 0. The first-order chi connectivity index (χ1) is 9.08. The van der Waals surface area contributed by atoms with Gasteiger partial charge in [0.1, 0.15) is 5.82 Å². The highest BCUT2D eigenvalue weighted by Crippen LogP contribution is 2.26. The van der Waals surface area contributed by atoms with Gasteiger partial charge >= 0.3 is 0 Å². The second kappa shape index (κ2) is 5.97. The van der Waals surface area contributed by atoms with E-state index in [1.165, 1.54) is 12.3 Å². The molecule has 0 aliphatic carbocycles. The lowest BCUT2D eigenvalue weighted by Gasteiger charge is -2.19. The number of aryl methyl sites for hydroxylation is 1. The number of nitrogens with one attached hydrogen (secondary N) is 1. The van der Waals surface area contributed by atoms with Gasteiger partial charge in [0, 0.05) is 18.7 Å². The van der Waals surface area contributed by atoms with E-state index in [0.29, 0.717) is 11.3 Å². The summed E-state index contributed by atoms with van der Waals surface area (Å²) in [5.74, 6) is -0.218. The molecule has 1 aliphatic rings. The lowest BCUT2D eigenvalue weighted by molar-refractivity contribution is 0.622. The van der Waals surface area contributed by atoms with Crippen LogP contribution in [0.3, 0.4) is 0 Å². The smallest absolute Gasteiger partial charge is 0.184 e. The third-order valence-corrected chi connectivity index (χ3v) is 3.25. The SMILES string of the molecule is Cc1cc(N2CCCC2)c(F)cc1/C=N\NC(N)=S. The molecule has 1 aromatic rings. The number of benzene rings is 1. The highest BCUT2D eigenvalue weighted by atomic mass is 32.1. The molecule has 0 radical (unpaired) electrons. The Bertz CT molecular complexity index is 510. The van der Waals surface area contributed by atoms with Gasteiger partial charge in [-0.3, -0.25) is 5.43 Å². The third kappa shape index (κ3) is 3.41.